The monoisotopic (exact) mass is 309 g/mol. The van der Waals surface area contributed by atoms with Crippen molar-refractivity contribution in [3.63, 3.8) is 0 Å². The molecule has 0 saturated heterocycles. The molecule has 1 aliphatic carbocycles. The number of ketones is 1. The number of aromatic nitrogens is 1. The molecule has 1 heterocycles. The summed E-state index contributed by atoms with van der Waals surface area (Å²) in [6.45, 7) is 2.27. The molecule has 0 unspecified atom stereocenters. The molecule has 112 valence electrons. The standard InChI is InChI=1S/C19H19NOS/c1-14-7-10-16(11-8-14)19(21)17-13-20-18(22-17)12-9-15-5-3-2-4-6-15/h2-6,13-14,16H,7-8,10-11H2,1H3. The Bertz CT molecular complexity index is 700. The van der Waals surface area contributed by atoms with E-state index >= 15 is 0 Å². The van der Waals surface area contributed by atoms with E-state index in [-0.39, 0.29) is 11.7 Å². The molecule has 0 bridgehead atoms. The minimum absolute atomic E-state index is 0.187. The molecule has 1 aromatic carbocycles. The molecular weight excluding hydrogens is 290 g/mol. The molecule has 1 aliphatic rings. The van der Waals surface area contributed by atoms with Gasteiger partial charge in [0.15, 0.2) is 10.8 Å². The summed E-state index contributed by atoms with van der Waals surface area (Å²) in [5, 5.41) is 0.719. The molecule has 0 spiro atoms. The average molecular weight is 309 g/mol. The van der Waals surface area contributed by atoms with Crippen LogP contribution in [0.1, 0.15) is 52.8 Å². The molecule has 0 N–H and O–H groups in total. The van der Waals surface area contributed by atoms with Crippen LogP contribution in [0.4, 0.5) is 0 Å². The van der Waals surface area contributed by atoms with Crippen LogP contribution in [0.25, 0.3) is 0 Å². The van der Waals surface area contributed by atoms with Crippen molar-refractivity contribution in [2.45, 2.75) is 32.6 Å². The Hall–Kier alpha value is -1.92. The molecular formula is C19H19NOS. The fraction of sp³-hybridized carbons (Fsp3) is 0.368. The highest BCUT2D eigenvalue weighted by atomic mass is 32.1. The molecule has 2 aromatic rings. The largest absolute Gasteiger partial charge is 0.293 e. The highest BCUT2D eigenvalue weighted by Gasteiger charge is 2.26. The number of Topliss-reactive ketones (excluding diaryl/α,β-unsaturated/α-hetero) is 1. The molecule has 22 heavy (non-hydrogen) atoms. The first-order valence-corrected chi connectivity index (χ1v) is 8.61. The molecule has 0 atom stereocenters. The lowest BCUT2D eigenvalue weighted by Crippen LogP contribution is -2.20. The van der Waals surface area contributed by atoms with Gasteiger partial charge in [-0.15, -0.1) is 11.3 Å². The van der Waals surface area contributed by atoms with Gasteiger partial charge < -0.3 is 0 Å². The lowest BCUT2D eigenvalue weighted by molar-refractivity contribution is 0.0880. The topological polar surface area (TPSA) is 30.0 Å². The normalized spacial score (nSPS) is 21.0. The van der Waals surface area contributed by atoms with Gasteiger partial charge in [-0.3, -0.25) is 4.79 Å². The van der Waals surface area contributed by atoms with E-state index in [0.717, 1.165) is 47.0 Å². The lowest BCUT2D eigenvalue weighted by atomic mass is 9.81. The molecule has 0 radical (unpaired) electrons. The maximum absolute atomic E-state index is 12.5. The fourth-order valence-corrected chi connectivity index (χ4v) is 3.60. The third kappa shape index (κ3) is 3.64. The molecule has 3 rings (SSSR count). The van der Waals surface area contributed by atoms with E-state index in [1.807, 2.05) is 30.3 Å². The summed E-state index contributed by atoms with van der Waals surface area (Å²) in [4.78, 5) is 17.6. The zero-order valence-electron chi connectivity index (χ0n) is 12.7. The second kappa shape index (κ2) is 6.89. The highest BCUT2D eigenvalue weighted by molar-refractivity contribution is 7.14. The van der Waals surface area contributed by atoms with Crippen molar-refractivity contribution in [2.75, 3.05) is 0 Å². The Morgan fingerprint density at radius 1 is 1.14 bits per heavy atom. The van der Waals surface area contributed by atoms with Gasteiger partial charge in [-0.1, -0.05) is 43.9 Å². The number of carbonyl (C=O) groups is 1. The summed E-state index contributed by atoms with van der Waals surface area (Å²) < 4.78 is 0. The van der Waals surface area contributed by atoms with E-state index < -0.39 is 0 Å². The third-order valence-electron chi connectivity index (χ3n) is 4.22. The van der Waals surface area contributed by atoms with Crippen molar-refractivity contribution in [1.82, 2.24) is 4.98 Å². The SMILES string of the molecule is CC1CCC(C(=O)c2cnc(C#Cc3ccccc3)s2)CC1. The predicted molar refractivity (Wildman–Crippen MR) is 90.0 cm³/mol. The molecule has 0 amide bonds. The van der Waals surface area contributed by atoms with Gasteiger partial charge in [0, 0.05) is 11.5 Å². The van der Waals surface area contributed by atoms with Crippen LogP contribution >= 0.6 is 11.3 Å². The van der Waals surface area contributed by atoms with E-state index in [4.69, 9.17) is 0 Å². The maximum atomic E-state index is 12.5. The minimum atomic E-state index is 0.187. The average Bonchev–Trinajstić information content (AvgIpc) is 3.03. The fourth-order valence-electron chi connectivity index (χ4n) is 2.82. The van der Waals surface area contributed by atoms with Crippen LogP contribution in [0.15, 0.2) is 36.5 Å². The van der Waals surface area contributed by atoms with Crippen molar-refractivity contribution in [2.24, 2.45) is 11.8 Å². The van der Waals surface area contributed by atoms with Gasteiger partial charge in [-0.05, 0) is 36.8 Å². The first-order chi connectivity index (χ1) is 10.7. The summed E-state index contributed by atoms with van der Waals surface area (Å²) >= 11 is 1.42. The number of rotatable bonds is 2. The molecule has 1 aromatic heterocycles. The van der Waals surface area contributed by atoms with Gasteiger partial charge in [-0.25, -0.2) is 4.98 Å². The lowest BCUT2D eigenvalue weighted by Gasteiger charge is -2.24. The van der Waals surface area contributed by atoms with E-state index in [2.05, 4.69) is 23.7 Å². The second-order valence-electron chi connectivity index (χ2n) is 5.97. The zero-order chi connectivity index (χ0) is 15.4. The summed E-state index contributed by atoms with van der Waals surface area (Å²) in [5.41, 5.74) is 0.965. The van der Waals surface area contributed by atoms with Crippen molar-refractivity contribution < 1.29 is 4.79 Å². The molecule has 3 heteroatoms. The van der Waals surface area contributed by atoms with E-state index in [1.54, 1.807) is 6.20 Å². The van der Waals surface area contributed by atoms with Crippen molar-refractivity contribution >= 4 is 17.1 Å². The molecule has 1 saturated carbocycles. The van der Waals surface area contributed by atoms with Crippen LogP contribution in [0.2, 0.25) is 0 Å². The molecule has 1 fully saturated rings. The van der Waals surface area contributed by atoms with Gasteiger partial charge >= 0.3 is 0 Å². The van der Waals surface area contributed by atoms with Gasteiger partial charge in [0.2, 0.25) is 0 Å². The maximum Gasteiger partial charge on any atom is 0.177 e. The first-order valence-electron chi connectivity index (χ1n) is 7.79. The van der Waals surface area contributed by atoms with Crippen LogP contribution in [-0.2, 0) is 0 Å². The Morgan fingerprint density at radius 3 is 2.59 bits per heavy atom. The van der Waals surface area contributed by atoms with Crippen LogP contribution < -0.4 is 0 Å². The highest BCUT2D eigenvalue weighted by Crippen LogP contribution is 2.31. The zero-order valence-corrected chi connectivity index (χ0v) is 13.5. The van der Waals surface area contributed by atoms with Crippen molar-refractivity contribution in [3.05, 3.63) is 52.0 Å². The summed E-state index contributed by atoms with van der Waals surface area (Å²) in [6, 6.07) is 9.83. The van der Waals surface area contributed by atoms with Gasteiger partial charge in [0.05, 0.1) is 11.1 Å². The number of thiazole rings is 1. The van der Waals surface area contributed by atoms with E-state index in [9.17, 15) is 4.79 Å². The van der Waals surface area contributed by atoms with Crippen LogP contribution in [0.5, 0.6) is 0 Å². The summed E-state index contributed by atoms with van der Waals surface area (Å²) in [7, 11) is 0. The summed E-state index contributed by atoms with van der Waals surface area (Å²) in [6.07, 6.45) is 6.05. The number of nitrogens with zero attached hydrogens (tertiary/aromatic N) is 1. The number of hydrogen-bond acceptors (Lipinski definition) is 3. The van der Waals surface area contributed by atoms with Crippen LogP contribution in [0, 0.1) is 23.7 Å². The van der Waals surface area contributed by atoms with Gasteiger partial charge in [0.1, 0.15) is 0 Å². The number of carbonyl (C=O) groups excluding carboxylic acids is 1. The number of benzene rings is 1. The Morgan fingerprint density at radius 2 is 1.86 bits per heavy atom. The van der Waals surface area contributed by atoms with Crippen molar-refractivity contribution in [1.29, 1.82) is 0 Å². The Labute approximate surface area is 135 Å². The minimum Gasteiger partial charge on any atom is -0.293 e. The Kier molecular flexibility index (Phi) is 4.70. The van der Waals surface area contributed by atoms with Gasteiger partial charge in [-0.2, -0.15) is 0 Å². The van der Waals surface area contributed by atoms with Crippen LogP contribution in [-0.4, -0.2) is 10.8 Å². The summed E-state index contributed by atoms with van der Waals surface area (Å²) in [5.74, 6) is 7.35. The number of hydrogen-bond donors (Lipinski definition) is 0. The molecule has 2 nitrogen and oxygen atoms in total. The quantitative estimate of drug-likeness (QED) is 0.601. The smallest absolute Gasteiger partial charge is 0.177 e. The Balaban J connectivity index is 1.69. The third-order valence-corrected chi connectivity index (χ3v) is 5.15. The van der Waals surface area contributed by atoms with Crippen molar-refractivity contribution in [3.8, 4) is 11.8 Å². The predicted octanol–water partition coefficient (Wildman–Crippen LogP) is 4.55. The van der Waals surface area contributed by atoms with Crippen LogP contribution in [0.3, 0.4) is 0 Å². The van der Waals surface area contributed by atoms with E-state index in [1.165, 1.54) is 11.3 Å². The van der Waals surface area contributed by atoms with Gasteiger partial charge in [0.25, 0.3) is 0 Å². The first kappa shape index (κ1) is 15.0. The van der Waals surface area contributed by atoms with E-state index in [0.29, 0.717) is 0 Å². The molecule has 0 aliphatic heterocycles. The second-order valence-corrected chi connectivity index (χ2v) is 7.00.